The second kappa shape index (κ2) is 13.8. The van der Waals surface area contributed by atoms with E-state index in [1.807, 2.05) is 6.92 Å². The maximum absolute atomic E-state index is 14.9. The second-order valence-corrected chi connectivity index (χ2v) is 8.97. The van der Waals surface area contributed by atoms with Gasteiger partial charge in [0.15, 0.2) is 11.6 Å². The van der Waals surface area contributed by atoms with Crippen LogP contribution >= 0.6 is 0 Å². The topological polar surface area (TPSA) is 9.23 Å². The molecule has 0 N–H and O–H groups in total. The van der Waals surface area contributed by atoms with E-state index in [1.54, 1.807) is 31.2 Å². The highest BCUT2D eigenvalue weighted by Crippen LogP contribution is 2.38. The van der Waals surface area contributed by atoms with Crippen molar-refractivity contribution < 1.29 is 17.9 Å². The molecular formula is C31H37F3O. The number of aryl methyl sites for hydroxylation is 1. The van der Waals surface area contributed by atoms with Gasteiger partial charge in [0.1, 0.15) is 11.6 Å². The van der Waals surface area contributed by atoms with Crippen molar-refractivity contribution in [2.24, 2.45) is 5.92 Å². The van der Waals surface area contributed by atoms with Gasteiger partial charge < -0.3 is 4.74 Å². The molecule has 1 nitrogen and oxygen atoms in total. The van der Waals surface area contributed by atoms with Gasteiger partial charge in [-0.3, -0.25) is 0 Å². The molecule has 1 fully saturated rings. The summed E-state index contributed by atoms with van der Waals surface area (Å²) >= 11 is 0. The van der Waals surface area contributed by atoms with Gasteiger partial charge in [0.2, 0.25) is 0 Å². The Morgan fingerprint density at radius 3 is 2.34 bits per heavy atom. The van der Waals surface area contributed by atoms with Crippen molar-refractivity contribution in [1.29, 1.82) is 0 Å². The minimum Gasteiger partial charge on any atom is -0.494 e. The van der Waals surface area contributed by atoms with Crippen molar-refractivity contribution in [3.8, 4) is 0 Å². The monoisotopic (exact) mass is 482 g/mol. The quantitative estimate of drug-likeness (QED) is 0.164. The van der Waals surface area contributed by atoms with Crippen molar-refractivity contribution in [1.82, 2.24) is 0 Å². The molecule has 0 saturated heterocycles. The Labute approximate surface area is 208 Å². The Balaban J connectivity index is 1.94. The molecule has 1 saturated carbocycles. The lowest BCUT2D eigenvalue weighted by Crippen LogP contribution is -2.14. The summed E-state index contributed by atoms with van der Waals surface area (Å²) in [5, 5.41) is 0. The summed E-state index contributed by atoms with van der Waals surface area (Å²) in [7, 11) is 0. The molecule has 2 rings (SSSR count). The normalized spacial score (nSPS) is 18.7. The van der Waals surface area contributed by atoms with Crippen LogP contribution in [-0.2, 0) is 11.2 Å². The van der Waals surface area contributed by atoms with Gasteiger partial charge in [0, 0.05) is 11.6 Å². The third kappa shape index (κ3) is 8.31. The van der Waals surface area contributed by atoms with Gasteiger partial charge in [-0.2, -0.15) is 0 Å². The van der Waals surface area contributed by atoms with Gasteiger partial charge in [0.05, 0.1) is 6.61 Å². The molecule has 0 heterocycles. The van der Waals surface area contributed by atoms with Gasteiger partial charge in [-0.1, -0.05) is 68.3 Å². The molecule has 4 heteroatoms. The van der Waals surface area contributed by atoms with E-state index in [-0.39, 0.29) is 17.3 Å². The van der Waals surface area contributed by atoms with Crippen LogP contribution < -0.4 is 0 Å². The zero-order valence-corrected chi connectivity index (χ0v) is 21.0. The molecule has 0 bridgehead atoms. The molecule has 0 unspecified atom stereocenters. The lowest BCUT2D eigenvalue weighted by Gasteiger charge is -2.27. The fourth-order valence-electron chi connectivity index (χ4n) is 4.31. The number of ether oxygens (including phenoxy) is 1. The van der Waals surface area contributed by atoms with Crippen molar-refractivity contribution in [3.05, 3.63) is 120 Å². The van der Waals surface area contributed by atoms with E-state index in [0.717, 1.165) is 31.8 Å². The highest BCUT2D eigenvalue weighted by Gasteiger charge is 2.25. The van der Waals surface area contributed by atoms with Crippen LogP contribution in [0.15, 0.2) is 97.1 Å². The van der Waals surface area contributed by atoms with Crippen LogP contribution in [0.2, 0.25) is 0 Å². The average molecular weight is 483 g/mol. The Kier molecular flexibility index (Phi) is 11.1. The first-order valence-electron chi connectivity index (χ1n) is 12.2. The van der Waals surface area contributed by atoms with E-state index >= 15 is 0 Å². The number of halogens is 3. The molecule has 1 aromatic rings. The van der Waals surface area contributed by atoms with E-state index < -0.39 is 17.5 Å². The first kappa shape index (κ1) is 28.2. The number of allylic oxidation sites excluding steroid dienone is 9. The van der Waals surface area contributed by atoms with Crippen LogP contribution in [0.25, 0.3) is 0 Å². The molecule has 0 radical (unpaired) electrons. The lowest BCUT2D eigenvalue weighted by molar-refractivity contribution is 0.243. The lowest BCUT2D eigenvalue weighted by atomic mass is 9.78. The highest BCUT2D eigenvalue weighted by molar-refractivity contribution is 5.48. The van der Waals surface area contributed by atoms with E-state index in [4.69, 9.17) is 4.74 Å². The molecular weight excluding hydrogens is 445 g/mol. The van der Waals surface area contributed by atoms with Crippen LogP contribution in [0.5, 0.6) is 0 Å². The summed E-state index contributed by atoms with van der Waals surface area (Å²) in [6, 6.07) is 3.43. The summed E-state index contributed by atoms with van der Waals surface area (Å²) in [5.41, 5.74) is 1.98. The molecule has 0 spiro atoms. The van der Waals surface area contributed by atoms with Gasteiger partial charge in [-0.15, -0.1) is 0 Å². The number of hydrogen-bond acceptors (Lipinski definition) is 1. The maximum Gasteiger partial charge on any atom is 0.162 e. The Morgan fingerprint density at radius 2 is 1.71 bits per heavy atom. The first-order chi connectivity index (χ1) is 16.7. The first-order valence-corrected chi connectivity index (χ1v) is 12.2. The van der Waals surface area contributed by atoms with Crippen LogP contribution in [-0.4, -0.2) is 6.61 Å². The molecule has 0 atom stereocenters. The Morgan fingerprint density at radius 1 is 1.03 bits per heavy atom. The molecule has 0 aliphatic heterocycles. The summed E-state index contributed by atoms with van der Waals surface area (Å²) in [5.74, 6) is -1.27. The predicted molar refractivity (Wildman–Crippen MR) is 141 cm³/mol. The summed E-state index contributed by atoms with van der Waals surface area (Å²) in [4.78, 5) is 0. The van der Waals surface area contributed by atoms with Gasteiger partial charge in [-0.05, 0) is 80.9 Å². The van der Waals surface area contributed by atoms with E-state index in [0.29, 0.717) is 47.6 Å². The molecule has 0 aromatic heterocycles. The van der Waals surface area contributed by atoms with Crippen LogP contribution in [0.1, 0.15) is 63.0 Å². The van der Waals surface area contributed by atoms with Crippen LogP contribution in [0.4, 0.5) is 13.2 Å². The minimum atomic E-state index is -0.769. The average Bonchev–Trinajstić information content (AvgIpc) is 2.83. The van der Waals surface area contributed by atoms with E-state index in [1.165, 1.54) is 0 Å². The molecule has 1 aliphatic carbocycles. The van der Waals surface area contributed by atoms with Crippen molar-refractivity contribution in [2.45, 2.75) is 58.3 Å². The largest absolute Gasteiger partial charge is 0.494 e. The number of benzene rings is 1. The predicted octanol–water partition coefficient (Wildman–Crippen LogP) is 9.38. The molecule has 188 valence electrons. The standard InChI is InChI=1S/C31H37F3O/c1-7-9-25-13-16-26(17-14-25)28-19-18-27(30(33)31(28)34)15-11-21(3)10-12-22(4)24(6)29(32)20-23(5)35-8-2/h7,9-10,12,18-20,25-26H,3-6,8,11,13-17H2,1-2H3/b9-7+,12-10-,29-20+. The van der Waals surface area contributed by atoms with Crippen molar-refractivity contribution in [2.75, 3.05) is 6.61 Å². The summed E-state index contributed by atoms with van der Waals surface area (Å²) in [6.45, 7) is 19.3. The van der Waals surface area contributed by atoms with Crippen molar-refractivity contribution >= 4 is 0 Å². The summed E-state index contributed by atoms with van der Waals surface area (Å²) < 4.78 is 49.0. The highest BCUT2D eigenvalue weighted by atomic mass is 19.2. The Hall–Kier alpha value is -3.01. The van der Waals surface area contributed by atoms with Crippen LogP contribution in [0.3, 0.4) is 0 Å². The Bertz CT molecular complexity index is 1030. The molecule has 1 aromatic carbocycles. The second-order valence-electron chi connectivity index (χ2n) is 8.97. The summed E-state index contributed by atoms with van der Waals surface area (Å²) in [6.07, 6.45) is 13.2. The van der Waals surface area contributed by atoms with E-state index in [9.17, 15) is 13.2 Å². The minimum absolute atomic E-state index is 0.0669. The number of rotatable bonds is 12. The fourth-order valence-corrected chi connectivity index (χ4v) is 4.31. The SMILES string of the molecule is C=C(/C=C\C(=C)C(=C)/C(F)=C\C(=C)OCC)CCc1ccc(C2CCC(/C=C/C)CC2)c(F)c1F. The van der Waals surface area contributed by atoms with Gasteiger partial charge >= 0.3 is 0 Å². The molecule has 0 amide bonds. The van der Waals surface area contributed by atoms with E-state index in [2.05, 4.69) is 38.5 Å². The third-order valence-electron chi connectivity index (χ3n) is 6.40. The molecule has 1 aliphatic rings. The molecule has 35 heavy (non-hydrogen) atoms. The maximum atomic E-state index is 14.9. The zero-order chi connectivity index (χ0) is 26.0. The zero-order valence-electron chi connectivity index (χ0n) is 21.0. The number of hydrogen-bond donors (Lipinski definition) is 0. The fraction of sp³-hybridized carbons (Fsp3) is 0.355. The van der Waals surface area contributed by atoms with Crippen molar-refractivity contribution in [3.63, 3.8) is 0 Å². The smallest absolute Gasteiger partial charge is 0.162 e. The van der Waals surface area contributed by atoms with Gasteiger partial charge in [-0.25, -0.2) is 13.2 Å². The van der Waals surface area contributed by atoms with Crippen LogP contribution in [0, 0.1) is 17.6 Å². The third-order valence-corrected chi connectivity index (χ3v) is 6.40. The van der Waals surface area contributed by atoms with Gasteiger partial charge in [0.25, 0.3) is 0 Å².